The third kappa shape index (κ3) is 6.86. The lowest BCUT2D eigenvalue weighted by Gasteiger charge is -2.19. The highest BCUT2D eigenvalue weighted by atomic mass is 35.5. The van der Waals surface area contributed by atoms with Gasteiger partial charge < -0.3 is 15.5 Å². The molecule has 22 heavy (non-hydrogen) atoms. The molecule has 0 bridgehead atoms. The highest BCUT2D eigenvalue weighted by Gasteiger charge is 2.21. The minimum Gasteiger partial charge on any atom is -0.375 e. The van der Waals surface area contributed by atoms with Gasteiger partial charge in [-0.1, -0.05) is 18.2 Å². The molecule has 1 heterocycles. The largest absolute Gasteiger partial charge is 0.375 e. The van der Waals surface area contributed by atoms with Gasteiger partial charge in [0.05, 0.1) is 5.92 Å². The molecule has 6 heteroatoms. The molecule has 1 fully saturated rings. The first kappa shape index (κ1) is 21.0. The second-order valence-electron chi connectivity index (χ2n) is 5.44. The molecule has 1 aliphatic heterocycles. The van der Waals surface area contributed by atoms with Gasteiger partial charge in [-0.2, -0.15) is 0 Å². The third-order valence-corrected chi connectivity index (χ3v) is 3.85. The molecule has 2 rings (SSSR count). The first-order valence-electron chi connectivity index (χ1n) is 7.52. The number of nitrogens with one attached hydrogen (secondary N) is 2. The molecule has 1 aromatic carbocycles. The summed E-state index contributed by atoms with van der Waals surface area (Å²) in [7, 11) is 2.11. The number of anilines is 1. The van der Waals surface area contributed by atoms with Crippen LogP contribution in [0.5, 0.6) is 0 Å². The van der Waals surface area contributed by atoms with Crippen molar-refractivity contribution < 1.29 is 4.79 Å². The number of amides is 1. The van der Waals surface area contributed by atoms with Crippen molar-refractivity contribution in [3.63, 3.8) is 0 Å². The van der Waals surface area contributed by atoms with Crippen LogP contribution in [0.4, 0.5) is 5.69 Å². The molecule has 4 nitrogen and oxygen atoms in total. The lowest BCUT2D eigenvalue weighted by Crippen LogP contribution is -2.32. The first-order valence-corrected chi connectivity index (χ1v) is 7.52. The van der Waals surface area contributed by atoms with Crippen molar-refractivity contribution in [1.29, 1.82) is 0 Å². The van der Waals surface area contributed by atoms with Gasteiger partial charge in [0.2, 0.25) is 5.91 Å². The van der Waals surface area contributed by atoms with Crippen LogP contribution in [0.3, 0.4) is 0 Å². The first-order chi connectivity index (χ1) is 9.77. The van der Waals surface area contributed by atoms with Gasteiger partial charge in [-0.3, -0.25) is 4.79 Å². The number of hydrogen-bond donors (Lipinski definition) is 2. The van der Waals surface area contributed by atoms with Crippen LogP contribution in [0, 0.1) is 5.92 Å². The molecule has 126 valence electrons. The maximum atomic E-state index is 11.8. The van der Waals surface area contributed by atoms with Crippen molar-refractivity contribution in [3.05, 3.63) is 30.3 Å². The zero-order valence-corrected chi connectivity index (χ0v) is 14.7. The number of hydrogen-bond acceptors (Lipinski definition) is 3. The number of unbranched alkanes of at least 4 members (excludes halogenated alkanes) is 1. The van der Waals surface area contributed by atoms with Gasteiger partial charge in [0.1, 0.15) is 0 Å². The lowest BCUT2D eigenvalue weighted by atomic mass is 10.1. The fourth-order valence-corrected chi connectivity index (χ4v) is 2.52. The maximum Gasteiger partial charge on any atom is 0.224 e. The number of halogens is 2. The third-order valence-electron chi connectivity index (χ3n) is 3.85. The average Bonchev–Trinajstić information content (AvgIpc) is 3.01. The van der Waals surface area contributed by atoms with E-state index in [2.05, 4.69) is 46.8 Å². The summed E-state index contributed by atoms with van der Waals surface area (Å²) in [6, 6.07) is 10.4. The summed E-state index contributed by atoms with van der Waals surface area (Å²) in [6.07, 6.45) is 3.10. The van der Waals surface area contributed by atoms with Crippen LogP contribution in [0.2, 0.25) is 0 Å². The van der Waals surface area contributed by atoms with Crippen molar-refractivity contribution in [2.75, 3.05) is 38.1 Å². The highest BCUT2D eigenvalue weighted by molar-refractivity contribution is 5.85. The van der Waals surface area contributed by atoms with Crippen molar-refractivity contribution in [3.8, 4) is 0 Å². The standard InChI is InChI=1S/C16H25N3O.2ClH/c1-19(15-7-3-2-4-8-15)12-6-5-10-18-16(20)14-9-11-17-13-14;;/h2-4,7-8,14,17H,5-6,9-13H2,1H3,(H,18,20);2*1H. The van der Waals surface area contributed by atoms with Crippen molar-refractivity contribution >= 4 is 36.4 Å². The van der Waals surface area contributed by atoms with Gasteiger partial charge in [0.15, 0.2) is 0 Å². The number of para-hydroxylation sites is 1. The van der Waals surface area contributed by atoms with Crippen LogP contribution >= 0.6 is 24.8 Å². The smallest absolute Gasteiger partial charge is 0.224 e. The van der Waals surface area contributed by atoms with Crippen LogP contribution in [-0.4, -0.2) is 39.1 Å². The Bertz CT molecular complexity index is 411. The summed E-state index contributed by atoms with van der Waals surface area (Å²) in [4.78, 5) is 14.1. The molecule has 0 radical (unpaired) electrons. The highest BCUT2D eigenvalue weighted by Crippen LogP contribution is 2.11. The summed E-state index contributed by atoms with van der Waals surface area (Å²) in [5.74, 6) is 0.397. The topological polar surface area (TPSA) is 44.4 Å². The average molecular weight is 348 g/mol. The van der Waals surface area contributed by atoms with Gasteiger partial charge >= 0.3 is 0 Å². The summed E-state index contributed by atoms with van der Waals surface area (Å²) < 4.78 is 0. The molecule has 0 spiro atoms. The van der Waals surface area contributed by atoms with E-state index in [4.69, 9.17) is 0 Å². The van der Waals surface area contributed by atoms with Gasteiger partial charge in [0.25, 0.3) is 0 Å². The van der Waals surface area contributed by atoms with Crippen molar-refractivity contribution in [2.24, 2.45) is 5.92 Å². The number of carbonyl (C=O) groups excluding carboxylic acids is 1. The van der Waals surface area contributed by atoms with E-state index in [0.717, 1.165) is 45.4 Å². The lowest BCUT2D eigenvalue weighted by molar-refractivity contribution is -0.124. The molecule has 1 aromatic rings. The number of carbonyl (C=O) groups is 1. The van der Waals surface area contributed by atoms with E-state index < -0.39 is 0 Å². The Morgan fingerprint density at radius 1 is 1.27 bits per heavy atom. The monoisotopic (exact) mass is 347 g/mol. The second kappa shape index (κ2) is 11.6. The minimum atomic E-state index is 0. The zero-order chi connectivity index (χ0) is 14.2. The normalized spacial score (nSPS) is 16.3. The molecule has 0 saturated carbocycles. The van der Waals surface area contributed by atoms with Crippen molar-refractivity contribution in [2.45, 2.75) is 19.3 Å². The molecular formula is C16H27Cl2N3O. The van der Waals surface area contributed by atoms with Gasteiger partial charge in [-0.25, -0.2) is 0 Å². The SMILES string of the molecule is CN(CCCCNC(=O)C1CCNC1)c1ccccc1.Cl.Cl. The fourth-order valence-electron chi connectivity index (χ4n) is 2.52. The Morgan fingerprint density at radius 3 is 2.64 bits per heavy atom. The van der Waals surface area contributed by atoms with E-state index >= 15 is 0 Å². The molecule has 1 aliphatic rings. The molecule has 1 atom stereocenters. The Morgan fingerprint density at radius 2 is 2.00 bits per heavy atom. The van der Waals surface area contributed by atoms with Crippen LogP contribution in [0.25, 0.3) is 0 Å². The van der Waals surface area contributed by atoms with Gasteiger partial charge in [0, 0.05) is 32.4 Å². The van der Waals surface area contributed by atoms with Gasteiger partial charge in [-0.05, 0) is 37.9 Å². The Balaban J connectivity index is 0.00000220. The predicted molar refractivity (Wildman–Crippen MR) is 97.4 cm³/mol. The van der Waals surface area contributed by atoms with Crippen LogP contribution in [0.1, 0.15) is 19.3 Å². The fraction of sp³-hybridized carbons (Fsp3) is 0.562. The van der Waals surface area contributed by atoms with Crippen LogP contribution in [-0.2, 0) is 4.79 Å². The quantitative estimate of drug-likeness (QED) is 0.744. The van der Waals surface area contributed by atoms with Crippen LogP contribution in [0.15, 0.2) is 30.3 Å². The molecule has 1 amide bonds. The second-order valence-corrected chi connectivity index (χ2v) is 5.44. The summed E-state index contributed by atoms with van der Waals surface area (Å²) >= 11 is 0. The van der Waals surface area contributed by atoms with Crippen molar-refractivity contribution in [1.82, 2.24) is 10.6 Å². The van der Waals surface area contributed by atoms with E-state index in [0.29, 0.717) is 0 Å². The van der Waals surface area contributed by atoms with E-state index in [1.807, 2.05) is 6.07 Å². The maximum absolute atomic E-state index is 11.8. The van der Waals surface area contributed by atoms with E-state index in [-0.39, 0.29) is 36.6 Å². The zero-order valence-electron chi connectivity index (χ0n) is 13.1. The Hall–Kier alpha value is -0.970. The number of benzene rings is 1. The Kier molecular flexibility index (Phi) is 11.1. The molecule has 1 saturated heterocycles. The molecule has 2 N–H and O–H groups in total. The molecule has 0 aromatic heterocycles. The van der Waals surface area contributed by atoms with E-state index in [9.17, 15) is 4.79 Å². The Labute approximate surface area is 145 Å². The van der Waals surface area contributed by atoms with Gasteiger partial charge in [-0.15, -0.1) is 24.8 Å². The number of nitrogens with zero attached hydrogens (tertiary/aromatic N) is 1. The minimum absolute atomic E-state index is 0. The summed E-state index contributed by atoms with van der Waals surface area (Å²) in [6.45, 7) is 3.62. The van der Waals surface area contributed by atoms with Crippen LogP contribution < -0.4 is 15.5 Å². The predicted octanol–water partition coefficient (Wildman–Crippen LogP) is 2.47. The van der Waals surface area contributed by atoms with E-state index in [1.165, 1.54) is 5.69 Å². The molecule has 1 unspecified atom stereocenters. The number of rotatable bonds is 7. The van der Waals surface area contributed by atoms with E-state index in [1.54, 1.807) is 0 Å². The summed E-state index contributed by atoms with van der Waals surface area (Å²) in [5, 5.41) is 6.26. The molecular weight excluding hydrogens is 321 g/mol. The molecule has 0 aliphatic carbocycles. The summed E-state index contributed by atoms with van der Waals surface area (Å²) in [5.41, 5.74) is 1.24.